The summed E-state index contributed by atoms with van der Waals surface area (Å²) < 4.78 is 11.7. The van der Waals surface area contributed by atoms with Crippen LogP contribution in [0.5, 0.6) is 5.75 Å². The first-order chi connectivity index (χ1) is 10.8. The zero-order valence-electron chi connectivity index (χ0n) is 14.4. The molecule has 0 aliphatic heterocycles. The minimum Gasteiger partial charge on any atom is -0.495 e. The minimum absolute atomic E-state index is 0.787. The molecule has 0 saturated heterocycles. The van der Waals surface area contributed by atoms with Gasteiger partial charge in [-0.3, -0.25) is 0 Å². The van der Waals surface area contributed by atoms with Gasteiger partial charge in [0.1, 0.15) is 5.75 Å². The number of rotatable bonds is 3. The third-order valence-electron chi connectivity index (χ3n) is 3.46. The molecule has 2 nitrogen and oxygen atoms in total. The van der Waals surface area contributed by atoms with E-state index in [9.17, 15) is 0 Å². The number of methoxy groups -OCH3 is 1. The van der Waals surface area contributed by atoms with Crippen molar-refractivity contribution >= 4 is 27.4 Å². The lowest BCUT2D eigenvalue weighted by atomic mass is 10.0. The van der Waals surface area contributed by atoms with Gasteiger partial charge in [-0.15, -0.1) is 12.0 Å². The van der Waals surface area contributed by atoms with Crippen LogP contribution in [0.4, 0.5) is 0 Å². The van der Waals surface area contributed by atoms with Crippen molar-refractivity contribution in [2.75, 3.05) is 7.11 Å². The number of hydrogen-bond donors (Lipinski definition) is 0. The van der Waals surface area contributed by atoms with E-state index in [-0.39, 0.29) is 0 Å². The minimum atomic E-state index is -2.16. The van der Waals surface area contributed by atoms with E-state index >= 15 is 0 Å². The Morgan fingerprint density at radius 3 is 2.30 bits per heavy atom. The maximum absolute atomic E-state index is 6.21. The molecule has 0 N–H and O–H groups in total. The molecular weight excluding hydrogens is 316 g/mol. The predicted octanol–water partition coefficient (Wildman–Crippen LogP) is 4.34. The van der Waals surface area contributed by atoms with Crippen LogP contribution in [-0.4, -0.2) is 23.7 Å². The average molecular weight is 339 g/mol. The Labute approximate surface area is 141 Å². The van der Waals surface area contributed by atoms with Crippen LogP contribution in [0, 0.1) is 23.4 Å². The van der Waals surface area contributed by atoms with Crippen LogP contribution in [0.3, 0.4) is 0 Å². The highest BCUT2D eigenvalue weighted by Crippen LogP contribution is 2.27. The van der Waals surface area contributed by atoms with E-state index in [2.05, 4.69) is 42.2 Å². The molecule has 0 spiro atoms. The van der Waals surface area contributed by atoms with E-state index in [0.717, 1.165) is 22.1 Å². The molecule has 2 aromatic rings. The Bertz CT molecular complexity index is 821. The van der Waals surface area contributed by atoms with Crippen LogP contribution in [0.15, 0.2) is 36.4 Å². The largest absolute Gasteiger partial charge is 0.495 e. The quantitative estimate of drug-likeness (QED) is 0.612. The van der Waals surface area contributed by atoms with Gasteiger partial charge in [0.15, 0.2) is 0 Å². The molecule has 4 heteroatoms. The van der Waals surface area contributed by atoms with E-state index in [1.54, 1.807) is 7.11 Å². The molecule has 0 fully saturated rings. The van der Waals surface area contributed by atoms with Gasteiger partial charge in [0.2, 0.25) is 0 Å². The van der Waals surface area contributed by atoms with Gasteiger partial charge < -0.3 is 8.85 Å². The van der Waals surface area contributed by atoms with Crippen molar-refractivity contribution in [2.45, 2.75) is 26.2 Å². The van der Waals surface area contributed by atoms with Gasteiger partial charge in [0, 0.05) is 5.39 Å². The maximum Gasteiger partial charge on any atom is 0.256 e. The summed E-state index contributed by atoms with van der Waals surface area (Å²) in [4.78, 5) is 0. The molecule has 0 aromatic heterocycles. The molecule has 0 aliphatic carbocycles. The molecule has 0 atom stereocenters. The lowest BCUT2D eigenvalue weighted by Crippen LogP contribution is -2.42. The lowest BCUT2D eigenvalue weighted by Gasteiger charge is -2.25. The molecule has 0 aliphatic rings. The summed E-state index contributed by atoms with van der Waals surface area (Å²) in [7, 11) is -2.56. The van der Waals surface area contributed by atoms with Gasteiger partial charge in [-0.2, -0.15) is 0 Å². The Kier molecular flexibility index (Phi) is 5.01. The smallest absolute Gasteiger partial charge is 0.256 e. The van der Waals surface area contributed by atoms with Crippen LogP contribution in [0.2, 0.25) is 26.2 Å². The lowest BCUT2D eigenvalue weighted by molar-refractivity contribution is 0.414. The van der Waals surface area contributed by atoms with Crippen molar-refractivity contribution in [1.82, 2.24) is 0 Å². The molecule has 23 heavy (non-hydrogen) atoms. The molecule has 0 heterocycles. The van der Waals surface area contributed by atoms with Crippen LogP contribution < -0.4 is 4.74 Å². The van der Waals surface area contributed by atoms with Gasteiger partial charge in [-0.1, -0.05) is 41.8 Å². The van der Waals surface area contributed by atoms with Crippen LogP contribution >= 0.6 is 0 Å². The zero-order valence-corrected chi connectivity index (χ0v) is 16.4. The maximum atomic E-state index is 6.21. The third-order valence-corrected chi connectivity index (χ3v) is 8.96. The first-order valence-electron chi connectivity index (χ1n) is 7.55. The fraction of sp³-hybridized carbons (Fsp3) is 0.263. The van der Waals surface area contributed by atoms with Crippen molar-refractivity contribution in [3.8, 4) is 29.2 Å². The van der Waals surface area contributed by atoms with E-state index < -0.39 is 16.6 Å². The first kappa shape index (κ1) is 17.4. The normalized spacial score (nSPS) is 11.5. The first-order valence-corrected chi connectivity index (χ1v) is 13.4. The molecule has 0 amide bonds. The Hall–Kier alpha value is -1.99. The molecule has 118 valence electrons. The molecule has 0 radical (unpaired) electrons. The molecule has 0 saturated carbocycles. The summed E-state index contributed by atoms with van der Waals surface area (Å²) in [6.07, 6.45) is 5.58. The topological polar surface area (TPSA) is 18.5 Å². The zero-order chi connectivity index (χ0) is 17.1. The average Bonchev–Trinajstić information content (AvgIpc) is 2.51. The highest BCUT2D eigenvalue weighted by Gasteiger charge is 2.30. The van der Waals surface area contributed by atoms with Crippen molar-refractivity contribution in [1.29, 1.82) is 0 Å². The van der Waals surface area contributed by atoms with Crippen molar-refractivity contribution in [3.05, 3.63) is 42.0 Å². The standard InChI is InChI=1S/C19H22O2Si2/c1-7-22(3,4)21-23(5,6)15-14-18-17-11-9-8-10-16(17)12-13-19(18)20-2/h1,8-13H,2-6H3. The predicted molar refractivity (Wildman–Crippen MR) is 102 cm³/mol. The van der Waals surface area contributed by atoms with Crippen LogP contribution in [-0.2, 0) is 4.12 Å². The number of terminal acetylenes is 1. The highest BCUT2D eigenvalue weighted by molar-refractivity contribution is 6.92. The van der Waals surface area contributed by atoms with E-state index in [1.807, 2.05) is 37.4 Å². The third kappa shape index (κ3) is 4.27. The van der Waals surface area contributed by atoms with Crippen LogP contribution in [0.25, 0.3) is 10.8 Å². The summed E-state index contributed by atoms with van der Waals surface area (Å²) in [6, 6.07) is 12.2. The van der Waals surface area contributed by atoms with Crippen LogP contribution in [0.1, 0.15) is 5.56 Å². The second-order valence-electron chi connectivity index (χ2n) is 6.38. The number of benzene rings is 2. The highest BCUT2D eigenvalue weighted by atomic mass is 28.4. The number of fused-ring (bicyclic) bond motifs is 1. The van der Waals surface area contributed by atoms with Crippen molar-refractivity contribution in [2.24, 2.45) is 0 Å². The van der Waals surface area contributed by atoms with Gasteiger partial charge in [-0.25, -0.2) is 0 Å². The molecule has 2 aromatic carbocycles. The number of hydrogen-bond acceptors (Lipinski definition) is 2. The fourth-order valence-electron chi connectivity index (χ4n) is 2.46. The summed E-state index contributed by atoms with van der Waals surface area (Å²) in [5.74, 6) is 4.10. The van der Waals surface area contributed by atoms with E-state index in [0.29, 0.717) is 0 Å². The number of ether oxygens (including phenoxy) is 1. The molecular formula is C19H22O2Si2. The Balaban J connectivity index is 2.49. The monoisotopic (exact) mass is 338 g/mol. The molecule has 0 unspecified atom stereocenters. The summed E-state index contributed by atoms with van der Waals surface area (Å²) >= 11 is 0. The van der Waals surface area contributed by atoms with E-state index in [1.165, 1.54) is 0 Å². The van der Waals surface area contributed by atoms with Crippen molar-refractivity contribution < 1.29 is 8.85 Å². The second kappa shape index (κ2) is 6.64. The van der Waals surface area contributed by atoms with Gasteiger partial charge in [-0.05, 0) is 37.6 Å². The molecule has 2 rings (SSSR count). The van der Waals surface area contributed by atoms with Gasteiger partial charge >= 0.3 is 0 Å². The second-order valence-corrected chi connectivity index (χ2v) is 13.8. The summed E-state index contributed by atoms with van der Waals surface area (Å²) in [5, 5.41) is 2.24. The van der Waals surface area contributed by atoms with Gasteiger partial charge in [0.05, 0.1) is 12.7 Å². The SMILES string of the molecule is C#C[Si](C)(C)O[Si](C)(C)C#Cc1c(OC)ccc2ccccc12. The molecule has 0 bridgehead atoms. The van der Waals surface area contributed by atoms with Crippen molar-refractivity contribution in [3.63, 3.8) is 0 Å². The fourth-order valence-corrected chi connectivity index (χ4v) is 8.43. The van der Waals surface area contributed by atoms with Gasteiger partial charge in [0.25, 0.3) is 16.6 Å². The Morgan fingerprint density at radius 1 is 0.957 bits per heavy atom. The van der Waals surface area contributed by atoms with E-state index in [4.69, 9.17) is 15.3 Å². The summed E-state index contributed by atoms with van der Waals surface area (Å²) in [5.41, 5.74) is 7.08. The Morgan fingerprint density at radius 2 is 1.65 bits per heavy atom. The summed E-state index contributed by atoms with van der Waals surface area (Å²) in [6.45, 7) is 8.23.